The van der Waals surface area contributed by atoms with E-state index in [4.69, 9.17) is 10.2 Å². The van der Waals surface area contributed by atoms with Crippen LogP contribution < -0.4 is 10.6 Å². The van der Waals surface area contributed by atoms with Gasteiger partial charge in [0, 0.05) is 13.1 Å². The topological polar surface area (TPSA) is 84.0 Å². The largest absolute Gasteiger partial charge is 0.467 e. The monoisotopic (exact) mass is 193 g/mol. The van der Waals surface area contributed by atoms with Gasteiger partial charge in [0.05, 0.1) is 12.0 Å². The fraction of sp³-hybridized carbons (Fsp3) is 0.250. The first kappa shape index (κ1) is 8.61. The van der Waals surface area contributed by atoms with Gasteiger partial charge in [0.1, 0.15) is 5.76 Å². The summed E-state index contributed by atoms with van der Waals surface area (Å²) in [6.45, 7) is 1.88. The Morgan fingerprint density at radius 2 is 2.29 bits per heavy atom. The molecular formula is C8H11N5O. The first-order valence-electron chi connectivity index (χ1n) is 4.14. The second kappa shape index (κ2) is 3.06. The molecule has 0 amide bonds. The summed E-state index contributed by atoms with van der Waals surface area (Å²) in [6, 6.07) is 1.86. The molecule has 0 spiro atoms. The first-order valence-corrected chi connectivity index (χ1v) is 4.14. The van der Waals surface area contributed by atoms with Crippen LogP contribution in [0.3, 0.4) is 0 Å². The second-order valence-corrected chi connectivity index (χ2v) is 2.95. The molecule has 6 heteroatoms. The van der Waals surface area contributed by atoms with Gasteiger partial charge >= 0.3 is 0 Å². The van der Waals surface area contributed by atoms with Gasteiger partial charge in [0.25, 0.3) is 0 Å². The molecule has 0 unspecified atom stereocenters. The number of H-pyrrole nitrogens is 1. The molecule has 2 rings (SSSR count). The molecule has 74 valence electrons. The third kappa shape index (κ3) is 1.30. The molecule has 0 aromatic carbocycles. The van der Waals surface area contributed by atoms with Crippen LogP contribution in [-0.2, 0) is 0 Å². The number of nitrogens with one attached hydrogen (secondary N) is 1. The van der Waals surface area contributed by atoms with Crippen molar-refractivity contribution in [3.8, 4) is 0 Å². The Morgan fingerprint density at radius 1 is 1.50 bits per heavy atom. The Kier molecular flexibility index (Phi) is 1.88. The average Bonchev–Trinajstić information content (AvgIpc) is 2.73. The highest BCUT2D eigenvalue weighted by molar-refractivity contribution is 5.58. The number of nitrogens with zero attached hydrogens (tertiary/aromatic N) is 3. The number of hydrogen-bond acceptors (Lipinski definition) is 5. The molecule has 0 bridgehead atoms. The Morgan fingerprint density at radius 3 is 2.79 bits per heavy atom. The van der Waals surface area contributed by atoms with Gasteiger partial charge in [0.15, 0.2) is 0 Å². The summed E-state index contributed by atoms with van der Waals surface area (Å²) in [5.74, 6) is 1.71. The molecule has 6 nitrogen and oxygen atoms in total. The highest BCUT2D eigenvalue weighted by Gasteiger charge is 2.12. The van der Waals surface area contributed by atoms with E-state index in [0.717, 1.165) is 11.4 Å². The Hall–Kier alpha value is -1.98. The molecule has 2 heterocycles. The van der Waals surface area contributed by atoms with E-state index < -0.39 is 0 Å². The van der Waals surface area contributed by atoms with Crippen LogP contribution in [0.1, 0.15) is 5.76 Å². The summed E-state index contributed by atoms with van der Waals surface area (Å²) in [4.78, 5) is 4.65. The maximum Gasteiger partial charge on any atom is 0.230 e. The standard InChI is InChI=1S/C8H11N5O/c1-5-6(3-4-14-5)13(2)8-10-7(9)11-12-8/h3-4H,1-2H3,(H3,9,10,11,12). The minimum absolute atomic E-state index is 0.299. The number of aromatic nitrogens is 3. The average molecular weight is 193 g/mol. The van der Waals surface area contributed by atoms with Crippen LogP contribution in [0.25, 0.3) is 0 Å². The Bertz CT molecular complexity index is 432. The molecule has 0 saturated heterocycles. The van der Waals surface area contributed by atoms with Gasteiger partial charge in [-0.25, -0.2) is 0 Å². The molecule has 2 aromatic rings. The maximum absolute atomic E-state index is 5.43. The van der Waals surface area contributed by atoms with E-state index in [1.54, 1.807) is 6.26 Å². The minimum Gasteiger partial charge on any atom is -0.467 e. The van der Waals surface area contributed by atoms with Crippen molar-refractivity contribution in [2.75, 3.05) is 17.7 Å². The zero-order valence-corrected chi connectivity index (χ0v) is 7.98. The van der Waals surface area contributed by atoms with Crippen LogP contribution in [0.5, 0.6) is 0 Å². The molecule has 14 heavy (non-hydrogen) atoms. The third-order valence-corrected chi connectivity index (χ3v) is 2.00. The summed E-state index contributed by atoms with van der Waals surface area (Å²) in [6.07, 6.45) is 1.63. The van der Waals surface area contributed by atoms with Gasteiger partial charge in [-0.05, 0) is 6.92 Å². The van der Waals surface area contributed by atoms with Gasteiger partial charge in [-0.15, -0.1) is 10.2 Å². The van der Waals surface area contributed by atoms with Crippen LogP contribution in [-0.4, -0.2) is 22.2 Å². The number of nitrogens with two attached hydrogens (primary N) is 1. The molecule has 0 aliphatic heterocycles. The second-order valence-electron chi connectivity index (χ2n) is 2.95. The van der Waals surface area contributed by atoms with Gasteiger partial charge in [-0.2, -0.15) is 0 Å². The number of furan rings is 1. The predicted molar refractivity (Wildman–Crippen MR) is 52.3 cm³/mol. The number of rotatable bonds is 2. The van der Waals surface area contributed by atoms with Crippen molar-refractivity contribution < 1.29 is 4.42 Å². The van der Waals surface area contributed by atoms with E-state index >= 15 is 0 Å². The number of aromatic amines is 1. The SMILES string of the molecule is Cc1occc1N(C)c1nnc(N)[nH]1. The summed E-state index contributed by atoms with van der Waals surface area (Å²) >= 11 is 0. The van der Waals surface area contributed by atoms with Crippen LogP contribution in [0, 0.1) is 6.92 Å². The van der Waals surface area contributed by atoms with E-state index in [1.807, 2.05) is 24.9 Å². The summed E-state index contributed by atoms with van der Waals surface area (Å²) in [7, 11) is 1.86. The molecular weight excluding hydrogens is 182 g/mol. The van der Waals surface area contributed by atoms with E-state index in [9.17, 15) is 0 Å². The molecule has 0 aliphatic rings. The zero-order chi connectivity index (χ0) is 10.1. The van der Waals surface area contributed by atoms with Crippen molar-refractivity contribution in [2.24, 2.45) is 0 Å². The van der Waals surface area contributed by atoms with Gasteiger partial charge in [-0.1, -0.05) is 0 Å². The fourth-order valence-corrected chi connectivity index (χ4v) is 1.26. The Balaban J connectivity index is 2.33. The van der Waals surface area contributed by atoms with E-state index in [1.165, 1.54) is 0 Å². The van der Waals surface area contributed by atoms with Crippen molar-refractivity contribution >= 4 is 17.6 Å². The molecule has 0 aliphatic carbocycles. The lowest BCUT2D eigenvalue weighted by molar-refractivity contribution is 0.534. The Labute approximate surface area is 80.7 Å². The molecule has 0 radical (unpaired) electrons. The molecule has 0 fully saturated rings. The van der Waals surface area contributed by atoms with Gasteiger partial charge in [0.2, 0.25) is 11.9 Å². The molecule has 3 N–H and O–H groups in total. The van der Waals surface area contributed by atoms with E-state index in [-0.39, 0.29) is 0 Å². The quantitative estimate of drug-likeness (QED) is 0.744. The van der Waals surface area contributed by atoms with Crippen molar-refractivity contribution in [2.45, 2.75) is 6.92 Å². The molecule has 2 aromatic heterocycles. The lowest BCUT2D eigenvalue weighted by Crippen LogP contribution is -2.11. The highest BCUT2D eigenvalue weighted by Crippen LogP contribution is 2.24. The predicted octanol–water partition coefficient (Wildman–Crippen LogP) is 1.06. The number of nitrogen functional groups attached to an aromatic ring is 1. The van der Waals surface area contributed by atoms with Crippen LogP contribution in [0.15, 0.2) is 16.7 Å². The van der Waals surface area contributed by atoms with Crippen molar-refractivity contribution in [1.82, 2.24) is 15.2 Å². The molecule has 0 atom stereocenters. The van der Waals surface area contributed by atoms with Crippen LogP contribution in [0.4, 0.5) is 17.6 Å². The smallest absolute Gasteiger partial charge is 0.230 e. The van der Waals surface area contributed by atoms with E-state index in [2.05, 4.69) is 15.2 Å². The zero-order valence-electron chi connectivity index (χ0n) is 7.98. The summed E-state index contributed by atoms with van der Waals surface area (Å²) in [5.41, 5.74) is 6.36. The number of anilines is 3. The lowest BCUT2D eigenvalue weighted by atomic mass is 10.4. The molecule has 0 saturated carbocycles. The van der Waals surface area contributed by atoms with Gasteiger partial charge in [-0.3, -0.25) is 4.98 Å². The van der Waals surface area contributed by atoms with Crippen molar-refractivity contribution in [3.63, 3.8) is 0 Å². The van der Waals surface area contributed by atoms with Crippen LogP contribution in [0.2, 0.25) is 0 Å². The van der Waals surface area contributed by atoms with Gasteiger partial charge < -0.3 is 15.1 Å². The minimum atomic E-state index is 0.299. The summed E-state index contributed by atoms with van der Waals surface area (Å²) < 4.78 is 5.18. The van der Waals surface area contributed by atoms with Crippen molar-refractivity contribution in [1.29, 1.82) is 0 Å². The third-order valence-electron chi connectivity index (χ3n) is 2.00. The first-order chi connectivity index (χ1) is 6.68. The maximum atomic E-state index is 5.43. The van der Waals surface area contributed by atoms with Crippen LogP contribution >= 0.6 is 0 Å². The highest BCUT2D eigenvalue weighted by atomic mass is 16.3. The summed E-state index contributed by atoms with van der Waals surface area (Å²) in [5, 5.41) is 7.54. The lowest BCUT2D eigenvalue weighted by Gasteiger charge is -2.13. The number of aryl methyl sites for hydroxylation is 1. The van der Waals surface area contributed by atoms with E-state index in [0.29, 0.717) is 11.9 Å². The van der Waals surface area contributed by atoms with Crippen molar-refractivity contribution in [3.05, 3.63) is 18.1 Å². The number of hydrogen-bond donors (Lipinski definition) is 2. The normalized spacial score (nSPS) is 10.4. The fourth-order valence-electron chi connectivity index (χ4n) is 1.26.